The van der Waals surface area contributed by atoms with Crippen LogP contribution in [-0.4, -0.2) is 50.0 Å². The highest BCUT2D eigenvalue weighted by atomic mass is 16.5. The molecule has 6 nitrogen and oxygen atoms in total. The monoisotopic (exact) mass is 319 g/mol. The van der Waals surface area contributed by atoms with Crippen molar-refractivity contribution in [2.75, 3.05) is 32.6 Å². The number of hydrogen-bond acceptors (Lipinski definition) is 4. The van der Waals surface area contributed by atoms with Crippen LogP contribution in [0.5, 0.6) is 5.75 Å². The number of carbonyl (C=O) groups excluding carboxylic acids is 2. The summed E-state index contributed by atoms with van der Waals surface area (Å²) in [6.45, 7) is 2.95. The number of carbonyl (C=O) groups is 2. The highest BCUT2D eigenvalue weighted by molar-refractivity contribution is 5.92. The predicted molar refractivity (Wildman–Crippen MR) is 89.4 cm³/mol. The molecule has 126 valence electrons. The summed E-state index contributed by atoms with van der Waals surface area (Å²) in [6.07, 6.45) is 1.70. The van der Waals surface area contributed by atoms with Crippen molar-refractivity contribution in [3.05, 3.63) is 24.3 Å². The van der Waals surface area contributed by atoms with Gasteiger partial charge in [0.1, 0.15) is 5.75 Å². The highest BCUT2D eigenvalue weighted by Crippen LogP contribution is 2.21. The van der Waals surface area contributed by atoms with Crippen molar-refractivity contribution < 1.29 is 14.3 Å². The summed E-state index contributed by atoms with van der Waals surface area (Å²) >= 11 is 0. The van der Waals surface area contributed by atoms with Gasteiger partial charge in [-0.1, -0.05) is 6.07 Å². The predicted octanol–water partition coefficient (Wildman–Crippen LogP) is 1.48. The third-order valence-electron chi connectivity index (χ3n) is 3.96. The van der Waals surface area contributed by atoms with Gasteiger partial charge in [0, 0.05) is 37.8 Å². The molecule has 0 radical (unpaired) electrons. The van der Waals surface area contributed by atoms with Gasteiger partial charge in [-0.25, -0.2) is 0 Å². The van der Waals surface area contributed by atoms with Gasteiger partial charge < -0.3 is 20.3 Å². The van der Waals surface area contributed by atoms with E-state index in [1.54, 1.807) is 32.3 Å². The Kier molecular flexibility index (Phi) is 5.98. The van der Waals surface area contributed by atoms with E-state index in [1.807, 2.05) is 6.07 Å². The average molecular weight is 319 g/mol. The van der Waals surface area contributed by atoms with E-state index in [4.69, 9.17) is 4.74 Å². The first kappa shape index (κ1) is 17.3. The van der Waals surface area contributed by atoms with Crippen molar-refractivity contribution in [1.82, 2.24) is 10.2 Å². The van der Waals surface area contributed by atoms with Crippen LogP contribution in [0, 0.1) is 5.92 Å². The molecule has 1 fully saturated rings. The minimum atomic E-state index is -0.108. The van der Waals surface area contributed by atoms with Crippen LogP contribution in [0.3, 0.4) is 0 Å². The number of piperidine rings is 1. The molecule has 2 amide bonds. The van der Waals surface area contributed by atoms with Gasteiger partial charge in [0.25, 0.3) is 5.91 Å². The molecule has 1 aliphatic heterocycles. The summed E-state index contributed by atoms with van der Waals surface area (Å²) in [7, 11) is 3.37. The number of hydrogen-bond donors (Lipinski definition) is 2. The van der Waals surface area contributed by atoms with E-state index in [9.17, 15) is 9.59 Å². The van der Waals surface area contributed by atoms with E-state index in [0.717, 1.165) is 19.4 Å². The van der Waals surface area contributed by atoms with E-state index in [1.165, 1.54) is 4.90 Å². The average Bonchev–Trinajstić information content (AvgIpc) is 2.52. The van der Waals surface area contributed by atoms with Crippen molar-refractivity contribution in [2.45, 2.75) is 25.8 Å². The van der Waals surface area contributed by atoms with E-state index in [0.29, 0.717) is 17.5 Å². The lowest BCUT2D eigenvalue weighted by atomic mass is 9.92. The minimum Gasteiger partial charge on any atom is -0.484 e. The van der Waals surface area contributed by atoms with Crippen LogP contribution >= 0.6 is 0 Å². The lowest BCUT2D eigenvalue weighted by Gasteiger charge is -2.27. The molecule has 0 aromatic heterocycles. The summed E-state index contributed by atoms with van der Waals surface area (Å²) in [4.78, 5) is 25.4. The molecule has 1 aromatic rings. The van der Waals surface area contributed by atoms with Crippen LogP contribution in [-0.2, 0) is 9.59 Å². The fourth-order valence-electron chi connectivity index (χ4n) is 2.55. The number of rotatable bonds is 5. The van der Waals surface area contributed by atoms with Crippen molar-refractivity contribution in [2.24, 2.45) is 5.92 Å². The Morgan fingerprint density at radius 1 is 1.39 bits per heavy atom. The Hall–Kier alpha value is -2.08. The molecule has 0 unspecified atom stereocenters. The first-order valence-electron chi connectivity index (χ1n) is 7.93. The number of nitrogens with one attached hydrogen (secondary N) is 2. The van der Waals surface area contributed by atoms with Crippen LogP contribution in [0.4, 0.5) is 5.69 Å². The molecular weight excluding hydrogens is 294 g/mol. The molecule has 6 heteroatoms. The third-order valence-corrected chi connectivity index (χ3v) is 3.96. The van der Waals surface area contributed by atoms with Crippen molar-refractivity contribution in [1.29, 1.82) is 0 Å². The molecule has 0 saturated carbocycles. The smallest absolute Gasteiger partial charge is 0.259 e. The van der Waals surface area contributed by atoms with Crippen molar-refractivity contribution in [3.8, 4) is 5.75 Å². The van der Waals surface area contributed by atoms with E-state index in [-0.39, 0.29) is 24.3 Å². The van der Waals surface area contributed by atoms with Gasteiger partial charge in [0.15, 0.2) is 6.61 Å². The van der Waals surface area contributed by atoms with Gasteiger partial charge in [0.2, 0.25) is 5.91 Å². The van der Waals surface area contributed by atoms with Crippen LogP contribution in [0.2, 0.25) is 0 Å². The van der Waals surface area contributed by atoms with Gasteiger partial charge in [-0.2, -0.15) is 0 Å². The molecule has 2 atom stereocenters. The lowest BCUT2D eigenvalue weighted by Crippen LogP contribution is -2.40. The molecule has 1 aliphatic rings. The zero-order valence-electron chi connectivity index (χ0n) is 14.0. The quantitative estimate of drug-likeness (QED) is 0.862. The molecule has 1 saturated heterocycles. The van der Waals surface area contributed by atoms with E-state index >= 15 is 0 Å². The summed E-state index contributed by atoms with van der Waals surface area (Å²) in [5, 5.41) is 6.28. The van der Waals surface area contributed by atoms with Gasteiger partial charge in [-0.3, -0.25) is 9.59 Å². The van der Waals surface area contributed by atoms with Gasteiger partial charge in [-0.05, 0) is 38.4 Å². The van der Waals surface area contributed by atoms with E-state index < -0.39 is 0 Å². The first-order chi connectivity index (χ1) is 11.0. The van der Waals surface area contributed by atoms with Crippen LogP contribution in [0.15, 0.2) is 24.3 Å². The maximum Gasteiger partial charge on any atom is 0.259 e. The topological polar surface area (TPSA) is 70.7 Å². The third kappa shape index (κ3) is 5.25. The first-order valence-corrected chi connectivity index (χ1v) is 7.93. The van der Waals surface area contributed by atoms with Crippen LogP contribution in [0.1, 0.15) is 19.8 Å². The molecule has 2 N–H and O–H groups in total. The van der Waals surface area contributed by atoms with Crippen LogP contribution in [0.25, 0.3) is 0 Å². The summed E-state index contributed by atoms with van der Waals surface area (Å²) in [5.74, 6) is 0.533. The molecule has 23 heavy (non-hydrogen) atoms. The maximum atomic E-state index is 12.3. The minimum absolute atomic E-state index is 0.0176. The summed E-state index contributed by atoms with van der Waals surface area (Å²) in [5.41, 5.74) is 0.691. The number of ether oxygens (including phenoxy) is 1. The second-order valence-electron chi connectivity index (χ2n) is 6.17. The Labute approximate surface area is 137 Å². The molecule has 0 spiro atoms. The second-order valence-corrected chi connectivity index (χ2v) is 6.17. The molecule has 2 rings (SSSR count). The number of benzene rings is 1. The van der Waals surface area contributed by atoms with E-state index in [2.05, 4.69) is 17.6 Å². The molecule has 0 bridgehead atoms. The largest absolute Gasteiger partial charge is 0.484 e. The Morgan fingerprint density at radius 2 is 2.17 bits per heavy atom. The number of nitrogens with zero attached hydrogens (tertiary/aromatic N) is 1. The maximum absolute atomic E-state index is 12.3. The second kappa shape index (κ2) is 7.97. The normalized spacial score (nSPS) is 20.7. The number of likely N-dealkylation sites (N-methyl/N-ethyl adjacent to an activating group) is 1. The Balaban J connectivity index is 1.91. The Bertz CT molecular complexity index is 560. The van der Waals surface area contributed by atoms with Crippen molar-refractivity contribution in [3.63, 3.8) is 0 Å². The number of amides is 2. The van der Waals surface area contributed by atoms with Gasteiger partial charge in [0.05, 0.1) is 0 Å². The fourth-order valence-corrected chi connectivity index (χ4v) is 2.55. The summed E-state index contributed by atoms with van der Waals surface area (Å²) in [6, 6.07) is 7.50. The zero-order valence-corrected chi connectivity index (χ0v) is 14.0. The van der Waals surface area contributed by atoms with Crippen LogP contribution < -0.4 is 15.4 Å². The standard InChI is InChI=1S/C17H25N3O3/c1-12-9-13(7-8-18-12)17(22)19-14-5-4-6-15(10-14)23-11-16(21)20(2)3/h4-6,10,12-13,18H,7-9,11H2,1-3H3,(H,19,22)/t12-,13-/m0/s1. The van der Waals surface area contributed by atoms with Gasteiger partial charge in [-0.15, -0.1) is 0 Å². The highest BCUT2D eigenvalue weighted by Gasteiger charge is 2.24. The lowest BCUT2D eigenvalue weighted by molar-refractivity contribution is -0.130. The number of anilines is 1. The fraction of sp³-hybridized carbons (Fsp3) is 0.529. The molecule has 1 heterocycles. The molecule has 1 aromatic carbocycles. The SMILES string of the molecule is C[C@H]1C[C@@H](C(=O)Nc2cccc(OCC(=O)N(C)C)c2)CCN1. The molecular formula is C17H25N3O3. The zero-order chi connectivity index (χ0) is 16.8. The van der Waals surface area contributed by atoms with Gasteiger partial charge >= 0.3 is 0 Å². The van der Waals surface area contributed by atoms with Crippen molar-refractivity contribution >= 4 is 17.5 Å². The molecule has 0 aliphatic carbocycles. The Morgan fingerprint density at radius 3 is 2.87 bits per heavy atom. The summed E-state index contributed by atoms with van der Waals surface area (Å²) < 4.78 is 5.46.